The molecule has 11 heteroatoms. The molecular weight excluding hydrogens is 1360 g/mol. The second-order valence-electron chi connectivity index (χ2n) is 28.0. The maximum atomic E-state index is 5.24. The first-order valence-electron chi connectivity index (χ1n) is 37.3. The minimum Gasteiger partial charge on any atom is -0.309 e. The van der Waals surface area contributed by atoms with Gasteiger partial charge in [0.1, 0.15) is 11.6 Å². The fourth-order valence-electron chi connectivity index (χ4n) is 17.4. The van der Waals surface area contributed by atoms with Crippen molar-refractivity contribution in [1.82, 2.24) is 53.6 Å². The highest BCUT2D eigenvalue weighted by Crippen LogP contribution is 2.46. The summed E-state index contributed by atoms with van der Waals surface area (Å²) >= 11 is 0. The molecule has 24 aromatic rings. The van der Waals surface area contributed by atoms with Crippen LogP contribution in [0.3, 0.4) is 0 Å². The predicted octanol–water partition coefficient (Wildman–Crippen LogP) is 24.9. The molecule has 0 atom stereocenters. The standard InChI is InChI=1S/C34H21N3.2C33H20N4/c1-2-13-27-26(12-1)32-28-14-4-6-17-31(28)37(34(32)29-15-8-19-36-33(27)29)23-10-7-9-22(21-23)24-18-20-35-30-16-5-3-11-25(24)30;1-2-11-24-23(10-1)31-25-12-4-6-16-29(25)37(33(31)26-13-8-19-35-32(24)26)30-17-7-15-28(36-30)22-18-20-34-27-14-5-3-9-21(22)27;1-2-12-23-22(11-1)30-25-13-3-4-17-28(25)37(33(30)26-15-8-20-35-32(23)26)29-18-6-16-27(36-29)24-14-5-9-21-10-7-19-34-31(21)24/h1-21H;2*1-20H. The number of para-hydroxylation sites is 6. The van der Waals surface area contributed by atoms with Crippen molar-refractivity contribution in [2.75, 3.05) is 0 Å². The van der Waals surface area contributed by atoms with Crippen molar-refractivity contribution < 1.29 is 0 Å². The van der Waals surface area contributed by atoms with Crippen molar-refractivity contribution in [2.24, 2.45) is 0 Å². The highest BCUT2D eigenvalue weighted by Gasteiger charge is 2.25. The first-order chi connectivity index (χ1) is 55.1. The zero-order valence-corrected chi connectivity index (χ0v) is 59.6. The van der Waals surface area contributed by atoms with Gasteiger partial charge in [-0.25, -0.2) is 9.97 Å². The van der Waals surface area contributed by atoms with Gasteiger partial charge in [0.25, 0.3) is 0 Å². The van der Waals surface area contributed by atoms with Gasteiger partial charge >= 0.3 is 0 Å². The smallest absolute Gasteiger partial charge is 0.138 e. The predicted molar refractivity (Wildman–Crippen MR) is 459 cm³/mol. The van der Waals surface area contributed by atoms with Gasteiger partial charge in [-0.05, 0) is 149 Å². The molecule has 0 aliphatic rings. The monoisotopic (exact) mass is 1420 g/mol. The number of benzene rings is 13. The summed E-state index contributed by atoms with van der Waals surface area (Å²) in [7, 11) is 0. The van der Waals surface area contributed by atoms with Crippen LogP contribution in [-0.4, -0.2) is 53.6 Å². The zero-order chi connectivity index (χ0) is 73.0. The first-order valence-corrected chi connectivity index (χ1v) is 37.3. The Morgan fingerprint density at radius 1 is 0.207 bits per heavy atom. The van der Waals surface area contributed by atoms with E-state index in [0.717, 1.165) is 133 Å². The molecule has 0 amide bonds. The van der Waals surface area contributed by atoms with Crippen molar-refractivity contribution in [3.63, 3.8) is 0 Å². The van der Waals surface area contributed by atoms with Gasteiger partial charge in [0.05, 0.1) is 77.6 Å². The average Bonchev–Trinajstić information content (AvgIpc) is 1.59. The highest BCUT2D eigenvalue weighted by molar-refractivity contribution is 6.34. The number of fused-ring (bicyclic) bond motifs is 27. The van der Waals surface area contributed by atoms with E-state index in [9.17, 15) is 0 Å². The van der Waals surface area contributed by atoms with Crippen LogP contribution < -0.4 is 0 Å². The SMILES string of the molecule is c1cc(-c2cccc3cccnc23)nc(-n2c3ccccc3c3c4ccccc4c4ncccc4c32)c1.c1cc(-c2ccnc3ccccc23)cc(-n2c3ccccc3c3c4ccccc4c4ncccc4c32)c1.c1cc(-c2ccnc3ccccc23)nc(-n2c3ccccc3c3c4ccccc4c4ncccc4c32)c1. The first kappa shape index (κ1) is 63.1. The molecule has 0 radical (unpaired) electrons. The van der Waals surface area contributed by atoms with Crippen molar-refractivity contribution in [1.29, 1.82) is 0 Å². The molecule has 11 nitrogen and oxygen atoms in total. The molecule has 0 unspecified atom stereocenters. The van der Waals surface area contributed by atoms with E-state index in [1.165, 1.54) is 81.4 Å². The zero-order valence-electron chi connectivity index (χ0n) is 59.6. The summed E-state index contributed by atoms with van der Waals surface area (Å²) in [6.45, 7) is 0. The summed E-state index contributed by atoms with van der Waals surface area (Å²) < 4.78 is 7.01. The molecule has 24 rings (SSSR count). The Kier molecular flexibility index (Phi) is 14.7. The Balaban J connectivity index is 0.000000102. The van der Waals surface area contributed by atoms with Gasteiger partial charge in [-0.15, -0.1) is 0 Å². The highest BCUT2D eigenvalue weighted by atomic mass is 15.1. The number of hydrogen-bond donors (Lipinski definition) is 0. The summed E-state index contributed by atoms with van der Waals surface area (Å²) in [4.78, 5) is 38.7. The van der Waals surface area contributed by atoms with Crippen LogP contribution in [0.2, 0.25) is 0 Å². The summed E-state index contributed by atoms with van der Waals surface area (Å²) in [5, 5.41) is 21.3. The minimum atomic E-state index is 0.872. The number of aromatic nitrogens is 11. The Labute approximate surface area is 634 Å². The van der Waals surface area contributed by atoms with Crippen LogP contribution in [-0.2, 0) is 0 Å². The largest absolute Gasteiger partial charge is 0.309 e. The number of pyridine rings is 8. The molecule has 0 saturated heterocycles. The number of hydrogen-bond acceptors (Lipinski definition) is 8. The van der Waals surface area contributed by atoms with Gasteiger partial charge in [-0.1, -0.05) is 212 Å². The second-order valence-corrected chi connectivity index (χ2v) is 28.0. The van der Waals surface area contributed by atoms with Crippen LogP contribution in [0.25, 0.3) is 214 Å². The molecule has 0 bridgehead atoms. The molecule has 0 spiro atoms. The van der Waals surface area contributed by atoms with E-state index in [-0.39, 0.29) is 0 Å². The molecule has 0 saturated carbocycles. The van der Waals surface area contributed by atoms with Gasteiger partial charge in [-0.2, -0.15) is 0 Å². The van der Waals surface area contributed by atoms with Crippen molar-refractivity contribution in [3.05, 3.63) is 371 Å². The molecule has 11 aromatic heterocycles. The van der Waals surface area contributed by atoms with E-state index in [4.69, 9.17) is 24.9 Å². The number of rotatable bonds is 6. The molecule has 111 heavy (non-hydrogen) atoms. The Hall–Kier alpha value is -15.2. The summed E-state index contributed by atoms with van der Waals surface area (Å²) in [5.41, 5.74) is 20.3. The quantitative estimate of drug-likeness (QED) is 0.151. The van der Waals surface area contributed by atoms with Gasteiger partial charge in [0, 0.05) is 135 Å². The maximum Gasteiger partial charge on any atom is 0.138 e. The molecule has 516 valence electrons. The third-order valence-electron chi connectivity index (χ3n) is 22.0. The molecule has 0 fully saturated rings. The van der Waals surface area contributed by atoms with Crippen molar-refractivity contribution in [2.45, 2.75) is 0 Å². The van der Waals surface area contributed by atoms with Crippen molar-refractivity contribution >= 4 is 163 Å². The van der Waals surface area contributed by atoms with E-state index in [2.05, 4.69) is 314 Å². The molecule has 0 aliphatic heterocycles. The molecular formula is C100H61N11. The Morgan fingerprint density at radius 2 is 0.568 bits per heavy atom. The van der Waals surface area contributed by atoms with E-state index in [0.29, 0.717) is 0 Å². The van der Waals surface area contributed by atoms with Crippen LogP contribution in [0, 0.1) is 0 Å². The van der Waals surface area contributed by atoms with Crippen LogP contribution in [0.5, 0.6) is 0 Å². The topological polar surface area (TPSA) is 118 Å². The third-order valence-corrected chi connectivity index (χ3v) is 22.0. The fraction of sp³-hybridized carbons (Fsp3) is 0. The Morgan fingerprint density at radius 3 is 1.07 bits per heavy atom. The lowest BCUT2D eigenvalue weighted by Gasteiger charge is -2.13. The van der Waals surface area contributed by atoms with Crippen molar-refractivity contribution in [3.8, 4) is 51.0 Å². The average molecular weight is 1420 g/mol. The van der Waals surface area contributed by atoms with Crippen LogP contribution in [0.1, 0.15) is 0 Å². The van der Waals surface area contributed by atoms with E-state index >= 15 is 0 Å². The fourth-order valence-corrected chi connectivity index (χ4v) is 17.4. The molecule has 0 N–H and O–H groups in total. The third kappa shape index (κ3) is 10.1. The van der Waals surface area contributed by atoms with Crippen LogP contribution in [0.4, 0.5) is 0 Å². The van der Waals surface area contributed by atoms with Gasteiger partial charge in [0.15, 0.2) is 0 Å². The number of nitrogens with zero attached hydrogens (tertiary/aromatic N) is 11. The van der Waals surface area contributed by atoms with Crippen LogP contribution in [0.15, 0.2) is 371 Å². The maximum absolute atomic E-state index is 5.24. The van der Waals surface area contributed by atoms with E-state index in [1.807, 2.05) is 85.7 Å². The lowest BCUT2D eigenvalue weighted by Crippen LogP contribution is -1.99. The van der Waals surface area contributed by atoms with E-state index in [1.54, 1.807) is 0 Å². The lowest BCUT2D eigenvalue weighted by atomic mass is 9.99. The minimum absolute atomic E-state index is 0.872. The summed E-state index contributed by atoms with van der Waals surface area (Å²) in [5.74, 6) is 1.75. The normalized spacial score (nSPS) is 11.8. The Bertz CT molecular complexity index is 7190. The van der Waals surface area contributed by atoms with E-state index < -0.39 is 0 Å². The molecule has 13 aromatic carbocycles. The van der Waals surface area contributed by atoms with Crippen LogP contribution >= 0.6 is 0 Å². The summed E-state index contributed by atoms with van der Waals surface area (Å²) in [6, 6.07) is 117. The second kappa shape index (κ2) is 25.8. The molecule has 11 heterocycles. The lowest BCUT2D eigenvalue weighted by molar-refractivity contribution is 1.09. The molecule has 0 aliphatic carbocycles. The summed E-state index contributed by atoms with van der Waals surface area (Å²) in [6.07, 6.45) is 11.2. The van der Waals surface area contributed by atoms with Gasteiger partial charge in [0.2, 0.25) is 0 Å². The van der Waals surface area contributed by atoms with Gasteiger partial charge < -0.3 is 4.57 Å². The van der Waals surface area contributed by atoms with Gasteiger partial charge in [-0.3, -0.25) is 39.0 Å².